The van der Waals surface area contributed by atoms with Crippen LogP contribution in [0.25, 0.3) is 0 Å². The SMILES string of the molecule is CC1=CCC(C2(C)CN2[n+]2ccccc2)CC1=O. The molecule has 18 heavy (non-hydrogen) atoms. The number of rotatable bonds is 2. The summed E-state index contributed by atoms with van der Waals surface area (Å²) in [6.45, 7) is 5.23. The van der Waals surface area contributed by atoms with Crippen molar-refractivity contribution >= 4 is 5.78 Å². The molecule has 1 aliphatic heterocycles. The smallest absolute Gasteiger partial charge is 0.199 e. The molecule has 94 valence electrons. The molecule has 0 spiro atoms. The lowest BCUT2D eigenvalue weighted by atomic mass is 9.81. The number of carbonyl (C=O) groups excluding carboxylic acids is 1. The minimum absolute atomic E-state index is 0.138. The van der Waals surface area contributed by atoms with Crippen molar-refractivity contribution in [3.63, 3.8) is 0 Å². The molecule has 1 aliphatic carbocycles. The van der Waals surface area contributed by atoms with Crippen molar-refractivity contribution in [2.75, 3.05) is 11.6 Å². The number of hydrogen-bond acceptors (Lipinski definition) is 2. The van der Waals surface area contributed by atoms with Crippen LogP contribution in [0, 0.1) is 5.92 Å². The average molecular weight is 243 g/mol. The van der Waals surface area contributed by atoms with Crippen LogP contribution in [0.15, 0.2) is 42.2 Å². The van der Waals surface area contributed by atoms with E-state index < -0.39 is 0 Å². The molecule has 0 amide bonds. The number of hydrogen-bond donors (Lipinski definition) is 0. The zero-order valence-electron chi connectivity index (χ0n) is 11.0. The molecular weight excluding hydrogens is 224 g/mol. The number of nitrogens with zero attached hydrogens (tertiary/aromatic N) is 2. The van der Waals surface area contributed by atoms with Gasteiger partial charge in [-0.2, -0.15) is 5.01 Å². The maximum Gasteiger partial charge on any atom is 0.199 e. The number of carbonyl (C=O) groups is 1. The summed E-state index contributed by atoms with van der Waals surface area (Å²) in [7, 11) is 0. The van der Waals surface area contributed by atoms with Gasteiger partial charge < -0.3 is 0 Å². The molecule has 0 radical (unpaired) electrons. The highest BCUT2D eigenvalue weighted by molar-refractivity contribution is 5.95. The molecule has 1 saturated heterocycles. The summed E-state index contributed by atoms with van der Waals surface area (Å²) in [6.07, 6.45) is 7.96. The lowest BCUT2D eigenvalue weighted by Gasteiger charge is -2.24. The van der Waals surface area contributed by atoms with E-state index in [1.165, 1.54) is 0 Å². The standard InChI is InChI=1S/C15H19N2O/c1-12-6-7-13(10-14(12)18)15(2)11-17(15)16-8-4-3-5-9-16/h3-6,8-9,13H,7,10-11H2,1-2H3/q+1. The molecule has 2 heterocycles. The number of aromatic nitrogens is 1. The molecule has 1 fully saturated rings. The van der Waals surface area contributed by atoms with Crippen LogP contribution in [0.1, 0.15) is 26.7 Å². The van der Waals surface area contributed by atoms with Gasteiger partial charge >= 0.3 is 0 Å². The Morgan fingerprint density at radius 2 is 2.06 bits per heavy atom. The Morgan fingerprint density at radius 3 is 2.72 bits per heavy atom. The van der Waals surface area contributed by atoms with Crippen LogP contribution in [-0.2, 0) is 4.79 Å². The summed E-state index contributed by atoms with van der Waals surface area (Å²) in [5.41, 5.74) is 1.08. The van der Waals surface area contributed by atoms with Crippen LogP contribution >= 0.6 is 0 Å². The monoisotopic (exact) mass is 243 g/mol. The van der Waals surface area contributed by atoms with Crippen LogP contribution in [0.3, 0.4) is 0 Å². The maximum absolute atomic E-state index is 11.8. The Kier molecular flexibility index (Phi) is 2.51. The fourth-order valence-corrected chi connectivity index (χ4v) is 2.88. The molecule has 0 N–H and O–H groups in total. The topological polar surface area (TPSA) is 24.0 Å². The summed E-state index contributed by atoms with van der Waals surface area (Å²) in [6, 6.07) is 6.09. The lowest BCUT2D eigenvalue weighted by molar-refractivity contribution is -0.679. The van der Waals surface area contributed by atoms with E-state index in [1.807, 2.05) is 25.1 Å². The van der Waals surface area contributed by atoms with Crippen LogP contribution < -0.4 is 9.69 Å². The Morgan fingerprint density at radius 1 is 1.33 bits per heavy atom. The van der Waals surface area contributed by atoms with Gasteiger partial charge in [-0.05, 0) is 31.8 Å². The normalized spacial score (nSPS) is 31.2. The van der Waals surface area contributed by atoms with E-state index in [9.17, 15) is 4.79 Å². The number of Topliss-reactive ketones (excluding diaryl/α,β-unsaturated/α-hetero) is 1. The second-order valence-electron chi connectivity index (χ2n) is 5.62. The summed E-state index contributed by atoms with van der Waals surface area (Å²) in [5, 5.41) is 2.33. The molecule has 2 unspecified atom stereocenters. The van der Waals surface area contributed by atoms with Crippen LogP contribution in [-0.4, -0.2) is 17.9 Å². The second kappa shape index (κ2) is 3.94. The zero-order chi connectivity index (χ0) is 12.8. The first-order valence-corrected chi connectivity index (χ1v) is 6.55. The van der Waals surface area contributed by atoms with Gasteiger partial charge in [0.1, 0.15) is 12.1 Å². The summed E-state index contributed by atoms with van der Waals surface area (Å²) in [5.74, 6) is 0.763. The third kappa shape index (κ3) is 1.74. The van der Waals surface area contributed by atoms with Gasteiger partial charge in [0.05, 0.1) is 0 Å². The van der Waals surface area contributed by atoms with Gasteiger partial charge in [-0.1, -0.05) is 16.8 Å². The van der Waals surface area contributed by atoms with Gasteiger partial charge in [0, 0.05) is 18.6 Å². The van der Waals surface area contributed by atoms with Gasteiger partial charge in [0.15, 0.2) is 18.2 Å². The van der Waals surface area contributed by atoms with Gasteiger partial charge in [0.25, 0.3) is 0 Å². The van der Waals surface area contributed by atoms with Gasteiger partial charge in [-0.25, -0.2) is 0 Å². The molecule has 0 bridgehead atoms. The molecule has 2 aliphatic rings. The Hall–Kier alpha value is -1.64. The predicted molar refractivity (Wildman–Crippen MR) is 69.6 cm³/mol. The summed E-state index contributed by atoms with van der Waals surface area (Å²) < 4.78 is 2.13. The predicted octanol–water partition coefficient (Wildman–Crippen LogP) is 1.61. The van der Waals surface area contributed by atoms with Gasteiger partial charge in [0.2, 0.25) is 0 Å². The first kappa shape index (κ1) is 11.5. The van der Waals surface area contributed by atoms with Crippen LogP contribution in [0.4, 0.5) is 0 Å². The molecule has 0 saturated carbocycles. The fourth-order valence-electron chi connectivity index (χ4n) is 2.88. The summed E-state index contributed by atoms with van der Waals surface area (Å²) in [4.78, 5) is 11.8. The molecule has 0 aromatic carbocycles. The number of pyridine rings is 1. The average Bonchev–Trinajstić information content (AvgIpc) is 3.08. The molecule has 3 rings (SSSR count). The van der Waals surface area contributed by atoms with Gasteiger partial charge in [-0.3, -0.25) is 4.79 Å². The lowest BCUT2D eigenvalue weighted by Crippen LogP contribution is -2.50. The van der Waals surface area contributed by atoms with Crippen molar-refractivity contribution in [3.8, 4) is 0 Å². The van der Waals surface area contributed by atoms with E-state index >= 15 is 0 Å². The third-order valence-electron chi connectivity index (χ3n) is 4.39. The van der Waals surface area contributed by atoms with Crippen LogP contribution in [0.2, 0.25) is 0 Å². The molecule has 1 aromatic heterocycles. The van der Waals surface area contributed by atoms with Crippen LogP contribution in [0.5, 0.6) is 0 Å². The van der Waals surface area contributed by atoms with Crippen molar-refractivity contribution in [1.29, 1.82) is 0 Å². The van der Waals surface area contributed by atoms with E-state index in [0.29, 0.717) is 18.1 Å². The highest BCUT2D eigenvalue weighted by atomic mass is 16.1. The Balaban J connectivity index is 1.77. The molecule has 3 heteroatoms. The molecule has 2 atom stereocenters. The molecule has 1 aromatic rings. The van der Waals surface area contributed by atoms with Crippen molar-refractivity contribution in [2.45, 2.75) is 32.2 Å². The second-order valence-corrected chi connectivity index (χ2v) is 5.62. The van der Waals surface area contributed by atoms with Crippen molar-refractivity contribution in [1.82, 2.24) is 0 Å². The van der Waals surface area contributed by atoms with E-state index in [0.717, 1.165) is 18.5 Å². The quantitative estimate of drug-likeness (QED) is 0.582. The van der Waals surface area contributed by atoms with Crippen molar-refractivity contribution in [3.05, 3.63) is 42.2 Å². The van der Waals surface area contributed by atoms with Crippen molar-refractivity contribution < 1.29 is 9.47 Å². The highest BCUT2D eigenvalue weighted by Gasteiger charge is 2.59. The first-order valence-electron chi connectivity index (χ1n) is 6.55. The van der Waals surface area contributed by atoms with Gasteiger partial charge in [-0.15, -0.1) is 0 Å². The van der Waals surface area contributed by atoms with E-state index in [-0.39, 0.29) is 5.54 Å². The highest BCUT2D eigenvalue weighted by Crippen LogP contribution is 2.41. The van der Waals surface area contributed by atoms with Crippen molar-refractivity contribution in [2.24, 2.45) is 5.92 Å². The first-order chi connectivity index (χ1) is 8.61. The van der Waals surface area contributed by atoms with E-state index in [1.54, 1.807) is 0 Å². The largest absolute Gasteiger partial charge is 0.295 e. The zero-order valence-corrected chi connectivity index (χ0v) is 11.0. The maximum atomic E-state index is 11.8. The van der Waals surface area contributed by atoms with E-state index in [4.69, 9.17) is 0 Å². The summed E-state index contributed by atoms with van der Waals surface area (Å²) >= 11 is 0. The third-order valence-corrected chi connectivity index (χ3v) is 4.39. The minimum Gasteiger partial charge on any atom is -0.295 e. The molecule has 3 nitrogen and oxygen atoms in total. The van der Waals surface area contributed by atoms with E-state index in [2.05, 4.69) is 35.1 Å². The number of ketones is 1. The Bertz CT molecular complexity index is 508. The fraction of sp³-hybridized carbons (Fsp3) is 0.467. The minimum atomic E-state index is 0.138. The number of allylic oxidation sites excluding steroid dienone is 2. The Labute approximate surface area is 108 Å². The molecular formula is C15H19N2O+.